The van der Waals surface area contributed by atoms with Crippen LogP contribution in [0.1, 0.15) is 32.6 Å². The normalized spacial score (nSPS) is 30.8. The lowest BCUT2D eigenvalue weighted by atomic mass is 9.63. The van der Waals surface area contributed by atoms with E-state index in [-0.39, 0.29) is 35.5 Å². The Hall–Kier alpha value is -2.10. The molecule has 2 bridgehead atoms. The van der Waals surface area contributed by atoms with E-state index in [4.69, 9.17) is 4.74 Å². The molecule has 1 saturated heterocycles. The van der Waals surface area contributed by atoms with E-state index < -0.39 is 0 Å². The molecule has 24 heavy (non-hydrogen) atoms. The van der Waals surface area contributed by atoms with E-state index in [1.807, 2.05) is 24.3 Å². The maximum atomic E-state index is 12.9. The zero-order chi connectivity index (χ0) is 16.7. The molecule has 4 nitrogen and oxygen atoms in total. The number of hydrogen-bond acceptors (Lipinski definition) is 3. The second kappa shape index (κ2) is 6.08. The molecule has 3 aliphatic carbocycles. The van der Waals surface area contributed by atoms with Gasteiger partial charge in [0.2, 0.25) is 11.8 Å². The van der Waals surface area contributed by atoms with Crippen molar-refractivity contribution in [3.63, 3.8) is 0 Å². The monoisotopic (exact) mass is 325 g/mol. The zero-order valence-corrected chi connectivity index (χ0v) is 14.0. The molecule has 2 amide bonds. The summed E-state index contributed by atoms with van der Waals surface area (Å²) < 4.78 is 5.66. The summed E-state index contributed by atoms with van der Waals surface area (Å²) in [5.41, 5.74) is 0.668. The van der Waals surface area contributed by atoms with Crippen molar-refractivity contribution in [2.45, 2.75) is 32.6 Å². The van der Waals surface area contributed by atoms with Crippen LogP contribution in [0.25, 0.3) is 0 Å². The summed E-state index contributed by atoms with van der Waals surface area (Å²) in [6, 6.07) is 7.34. The Morgan fingerprint density at radius 2 is 1.58 bits per heavy atom. The van der Waals surface area contributed by atoms with Gasteiger partial charge in [0.25, 0.3) is 0 Å². The van der Waals surface area contributed by atoms with Crippen LogP contribution in [0.3, 0.4) is 0 Å². The molecular formula is C20H23NO3. The molecule has 0 N–H and O–H groups in total. The van der Waals surface area contributed by atoms with Crippen molar-refractivity contribution < 1.29 is 14.3 Å². The van der Waals surface area contributed by atoms with E-state index in [2.05, 4.69) is 19.1 Å². The summed E-state index contributed by atoms with van der Waals surface area (Å²) >= 11 is 0. The van der Waals surface area contributed by atoms with E-state index in [0.29, 0.717) is 12.3 Å². The number of amides is 2. The van der Waals surface area contributed by atoms with Gasteiger partial charge in [-0.2, -0.15) is 0 Å². The van der Waals surface area contributed by atoms with Crippen molar-refractivity contribution >= 4 is 17.5 Å². The van der Waals surface area contributed by atoms with Crippen LogP contribution in [0.4, 0.5) is 5.69 Å². The fraction of sp³-hybridized carbons (Fsp3) is 0.500. The molecule has 1 saturated carbocycles. The van der Waals surface area contributed by atoms with Crippen LogP contribution >= 0.6 is 0 Å². The number of carbonyl (C=O) groups is 2. The van der Waals surface area contributed by atoms with Gasteiger partial charge in [0.1, 0.15) is 5.75 Å². The van der Waals surface area contributed by atoms with E-state index in [1.165, 1.54) is 4.90 Å². The molecule has 0 aromatic heterocycles. The highest BCUT2D eigenvalue weighted by molar-refractivity contribution is 6.22. The number of rotatable bonds is 5. The van der Waals surface area contributed by atoms with Gasteiger partial charge in [-0.1, -0.05) is 25.5 Å². The molecule has 1 aromatic carbocycles. The van der Waals surface area contributed by atoms with Gasteiger partial charge in [0.05, 0.1) is 24.1 Å². The van der Waals surface area contributed by atoms with Gasteiger partial charge in [-0.25, -0.2) is 0 Å². The number of benzene rings is 1. The van der Waals surface area contributed by atoms with E-state index in [0.717, 1.165) is 31.4 Å². The van der Waals surface area contributed by atoms with Gasteiger partial charge in [-0.05, 0) is 55.4 Å². The van der Waals surface area contributed by atoms with Gasteiger partial charge < -0.3 is 4.74 Å². The largest absolute Gasteiger partial charge is 0.494 e. The second-order valence-corrected chi connectivity index (χ2v) is 7.05. The molecule has 1 heterocycles. The van der Waals surface area contributed by atoms with Crippen LogP contribution in [-0.4, -0.2) is 18.4 Å². The van der Waals surface area contributed by atoms with Crippen molar-refractivity contribution in [1.29, 1.82) is 0 Å². The van der Waals surface area contributed by atoms with Crippen LogP contribution in [0, 0.1) is 23.7 Å². The number of ether oxygens (including phenoxy) is 1. The number of imide groups is 1. The van der Waals surface area contributed by atoms with Crippen LogP contribution in [0.15, 0.2) is 36.4 Å². The zero-order valence-electron chi connectivity index (χ0n) is 14.0. The first kappa shape index (κ1) is 15.4. The molecule has 2 fully saturated rings. The Bertz CT molecular complexity index is 647. The van der Waals surface area contributed by atoms with Crippen LogP contribution in [0.2, 0.25) is 0 Å². The lowest BCUT2D eigenvalue weighted by Crippen LogP contribution is -2.38. The lowest BCUT2D eigenvalue weighted by molar-refractivity contribution is -0.124. The number of unbranched alkanes of at least 4 members (excludes halogenated alkanes) is 1. The molecule has 5 rings (SSSR count). The van der Waals surface area contributed by atoms with Crippen LogP contribution < -0.4 is 9.64 Å². The minimum Gasteiger partial charge on any atom is -0.494 e. The Labute approximate surface area is 142 Å². The molecule has 1 aromatic rings. The topological polar surface area (TPSA) is 46.6 Å². The highest BCUT2D eigenvalue weighted by Gasteiger charge is 2.56. The van der Waals surface area contributed by atoms with Crippen molar-refractivity contribution in [3.8, 4) is 5.75 Å². The summed E-state index contributed by atoms with van der Waals surface area (Å²) in [6.45, 7) is 2.81. The van der Waals surface area contributed by atoms with Crippen LogP contribution in [-0.2, 0) is 9.59 Å². The molecule has 4 heteroatoms. The van der Waals surface area contributed by atoms with Gasteiger partial charge in [0.15, 0.2) is 0 Å². The predicted molar refractivity (Wildman–Crippen MR) is 91.7 cm³/mol. The van der Waals surface area contributed by atoms with Gasteiger partial charge in [0, 0.05) is 0 Å². The quantitative estimate of drug-likeness (QED) is 0.472. The van der Waals surface area contributed by atoms with E-state index in [9.17, 15) is 9.59 Å². The second-order valence-electron chi connectivity index (χ2n) is 7.05. The molecule has 126 valence electrons. The van der Waals surface area contributed by atoms with Gasteiger partial charge >= 0.3 is 0 Å². The number of anilines is 1. The highest BCUT2D eigenvalue weighted by atomic mass is 16.5. The Morgan fingerprint density at radius 1 is 1.00 bits per heavy atom. The first-order chi connectivity index (χ1) is 11.7. The average molecular weight is 325 g/mol. The molecule has 0 spiro atoms. The average Bonchev–Trinajstić information content (AvgIpc) is 2.90. The number of nitrogens with zero attached hydrogens (tertiary/aromatic N) is 1. The maximum absolute atomic E-state index is 12.9. The van der Waals surface area contributed by atoms with Crippen molar-refractivity contribution in [1.82, 2.24) is 0 Å². The van der Waals surface area contributed by atoms with Crippen molar-refractivity contribution in [2.24, 2.45) is 23.7 Å². The standard InChI is InChI=1S/C20H23NO3/c1-2-3-12-24-16-10-8-15(9-11-16)21-19(22)17-13-4-5-14(7-6-13)18(17)20(21)23/h4-5,8-11,13-14,17-18H,2-3,6-7,12H2,1H3/t13-,14+,17-,18-/m0/s1. The molecule has 4 atom stereocenters. The summed E-state index contributed by atoms with van der Waals surface area (Å²) in [5.74, 6) is 0.900. The fourth-order valence-electron chi connectivity index (χ4n) is 4.35. The third-order valence-electron chi connectivity index (χ3n) is 5.62. The third kappa shape index (κ3) is 2.36. The molecule has 1 aliphatic heterocycles. The van der Waals surface area contributed by atoms with Gasteiger partial charge in [-0.15, -0.1) is 0 Å². The molecular weight excluding hydrogens is 302 g/mol. The number of hydrogen-bond donors (Lipinski definition) is 0. The first-order valence-electron chi connectivity index (χ1n) is 8.99. The minimum absolute atomic E-state index is 0.0244. The summed E-state index contributed by atoms with van der Waals surface area (Å²) in [4.78, 5) is 27.2. The van der Waals surface area contributed by atoms with Crippen LogP contribution in [0.5, 0.6) is 5.75 Å². The smallest absolute Gasteiger partial charge is 0.238 e. The molecule has 4 aliphatic rings. The number of fused-ring (bicyclic) bond motifs is 1. The summed E-state index contributed by atoms with van der Waals surface area (Å²) in [7, 11) is 0. The SMILES string of the molecule is CCCCOc1ccc(N2C(=O)[C@@H]3[C@@H](C2=O)[C@H]2C=C[C@@H]3CC2)cc1. The molecule has 0 radical (unpaired) electrons. The van der Waals surface area contributed by atoms with E-state index in [1.54, 1.807) is 0 Å². The highest BCUT2D eigenvalue weighted by Crippen LogP contribution is 2.50. The Morgan fingerprint density at radius 3 is 2.08 bits per heavy atom. The van der Waals surface area contributed by atoms with Crippen molar-refractivity contribution in [2.75, 3.05) is 11.5 Å². The van der Waals surface area contributed by atoms with Crippen molar-refractivity contribution in [3.05, 3.63) is 36.4 Å². The maximum Gasteiger partial charge on any atom is 0.238 e. The number of carbonyl (C=O) groups excluding carboxylic acids is 2. The first-order valence-corrected chi connectivity index (χ1v) is 8.99. The third-order valence-corrected chi connectivity index (χ3v) is 5.62. The predicted octanol–water partition coefficient (Wildman–Crippen LogP) is 3.57. The minimum atomic E-state index is -0.151. The Kier molecular flexibility index (Phi) is 3.91. The van der Waals surface area contributed by atoms with E-state index >= 15 is 0 Å². The summed E-state index contributed by atoms with van der Waals surface area (Å²) in [6.07, 6.45) is 8.46. The Balaban J connectivity index is 1.54. The van der Waals surface area contributed by atoms with Gasteiger partial charge in [-0.3, -0.25) is 14.5 Å². The number of allylic oxidation sites excluding steroid dienone is 2. The fourth-order valence-corrected chi connectivity index (χ4v) is 4.35. The summed E-state index contributed by atoms with van der Waals surface area (Å²) in [5, 5.41) is 0. The molecule has 0 unspecified atom stereocenters. The lowest BCUT2D eigenvalue weighted by Gasteiger charge is -2.38.